The molecule has 3 fully saturated rings. The lowest BCUT2D eigenvalue weighted by Gasteiger charge is -2.37. The van der Waals surface area contributed by atoms with E-state index in [1.54, 1.807) is 18.9 Å². The van der Waals surface area contributed by atoms with Crippen molar-refractivity contribution in [3.63, 3.8) is 0 Å². The maximum Gasteiger partial charge on any atom is 0.243 e. The van der Waals surface area contributed by atoms with Crippen LogP contribution in [0.2, 0.25) is 0 Å². The van der Waals surface area contributed by atoms with E-state index in [1.807, 2.05) is 4.90 Å². The molecule has 1 atom stereocenters. The summed E-state index contributed by atoms with van der Waals surface area (Å²) < 4.78 is 5.42. The Hall–Kier alpha value is -0.790. The summed E-state index contributed by atoms with van der Waals surface area (Å²) in [7, 11) is 1.72. The van der Waals surface area contributed by atoms with Crippen molar-refractivity contribution in [1.82, 2.24) is 15.5 Å². The third kappa shape index (κ3) is 4.49. The highest BCUT2D eigenvalue weighted by Gasteiger charge is 2.39. The van der Waals surface area contributed by atoms with Crippen LogP contribution >= 0.6 is 11.8 Å². The van der Waals surface area contributed by atoms with E-state index >= 15 is 0 Å². The molecule has 1 saturated carbocycles. The van der Waals surface area contributed by atoms with Crippen molar-refractivity contribution in [2.45, 2.75) is 44.6 Å². The molecule has 3 rings (SSSR count). The van der Waals surface area contributed by atoms with Gasteiger partial charge in [-0.25, -0.2) is 0 Å². The molecule has 6 nitrogen and oxygen atoms in total. The summed E-state index contributed by atoms with van der Waals surface area (Å²) >= 11 is 1.69. The first-order chi connectivity index (χ1) is 12.2. The molecule has 0 bridgehead atoms. The number of piperidine rings is 1. The van der Waals surface area contributed by atoms with E-state index in [0.29, 0.717) is 24.8 Å². The second kappa shape index (κ2) is 8.73. The van der Waals surface area contributed by atoms with Crippen molar-refractivity contribution in [2.24, 2.45) is 11.3 Å². The van der Waals surface area contributed by atoms with Gasteiger partial charge in [-0.15, -0.1) is 11.8 Å². The lowest BCUT2D eigenvalue weighted by Crippen LogP contribution is -2.53. The zero-order valence-electron chi connectivity index (χ0n) is 15.2. The summed E-state index contributed by atoms with van der Waals surface area (Å²) in [5.41, 5.74) is 0.0156. The maximum absolute atomic E-state index is 12.8. The van der Waals surface area contributed by atoms with Gasteiger partial charge in [-0.3, -0.25) is 9.59 Å². The molecule has 2 saturated heterocycles. The molecule has 25 heavy (non-hydrogen) atoms. The molecule has 0 spiro atoms. The van der Waals surface area contributed by atoms with E-state index in [4.69, 9.17) is 4.74 Å². The molecule has 2 amide bonds. The molecule has 142 valence electrons. The van der Waals surface area contributed by atoms with Gasteiger partial charge >= 0.3 is 0 Å². The molecule has 0 aromatic rings. The predicted molar refractivity (Wildman–Crippen MR) is 99.3 cm³/mol. The number of thioether (sulfide) groups is 1. The predicted octanol–water partition coefficient (Wildman–Crippen LogP) is 1.21. The van der Waals surface area contributed by atoms with Crippen LogP contribution in [0.15, 0.2) is 0 Å². The van der Waals surface area contributed by atoms with Crippen molar-refractivity contribution in [3.8, 4) is 0 Å². The van der Waals surface area contributed by atoms with Crippen LogP contribution in [0.25, 0.3) is 0 Å². The van der Waals surface area contributed by atoms with Crippen molar-refractivity contribution in [1.29, 1.82) is 0 Å². The molecular formula is C18H31N3O3S. The van der Waals surface area contributed by atoms with E-state index in [-0.39, 0.29) is 29.2 Å². The Morgan fingerprint density at radius 1 is 1.28 bits per heavy atom. The minimum atomic E-state index is -0.306. The fourth-order valence-corrected chi connectivity index (χ4v) is 5.48. The molecule has 0 aromatic carbocycles. The summed E-state index contributed by atoms with van der Waals surface area (Å²) in [6.07, 6.45) is 6.26. The SMILES string of the molecule is COCC1(CNC(=O)C2CSCN2C(=O)C2CCCC2)CCNCC1. The van der Waals surface area contributed by atoms with Crippen LogP contribution in [0.3, 0.4) is 0 Å². The zero-order valence-corrected chi connectivity index (χ0v) is 16.0. The van der Waals surface area contributed by atoms with Crippen LogP contribution < -0.4 is 10.6 Å². The molecule has 2 aliphatic heterocycles. The monoisotopic (exact) mass is 369 g/mol. The molecule has 7 heteroatoms. The Balaban J connectivity index is 1.56. The third-order valence-electron chi connectivity index (χ3n) is 5.92. The Bertz CT molecular complexity index is 471. The number of ether oxygens (including phenoxy) is 1. The van der Waals surface area contributed by atoms with Gasteiger partial charge in [0.25, 0.3) is 0 Å². The van der Waals surface area contributed by atoms with E-state index in [2.05, 4.69) is 10.6 Å². The average molecular weight is 370 g/mol. The van der Waals surface area contributed by atoms with E-state index in [9.17, 15) is 9.59 Å². The quantitative estimate of drug-likeness (QED) is 0.736. The van der Waals surface area contributed by atoms with Gasteiger partial charge in [0, 0.05) is 30.7 Å². The van der Waals surface area contributed by atoms with E-state index in [1.165, 1.54) is 0 Å². The molecule has 1 aliphatic carbocycles. The summed E-state index contributed by atoms with van der Waals surface area (Å²) in [5.74, 6) is 1.70. The molecular weight excluding hydrogens is 338 g/mol. The van der Waals surface area contributed by atoms with E-state index in [0.717, 1.165) is 51.6 Å². The van der Waals surface area contributed by atoms with Gasteiger partial charge in [0.05, 0.1) is 12.5 Å². The standard InChI is InChI=1S/C18H31N3O3S/c1-24-12-18(6-8-19-9-7-18)11-20-16(22)15-10-25-13-21(15)17(23)14-4-2-3-5-14/h14-15,19H,2-13H2,1H3,(H,20,22). The Morgan fingerprint density at radius 2 is 2.00 bits per heavy atom. The normalized spacial score (nSPS) is 26.8. The number of nitrogens with one attached hydrogen (secondary N) is 2. The summed E-state index contributed by atoms with van der Waals surface area (Å²) in [4.78, 5) is 27.3. The van der Waals surface area contributed by atoms with Crippen LogP contribution in [0, 0.1) is 11.3 Å². The molecule has 2 N–H and O–H groups in total. The lowest BCUT2D eigenvalue weighted by atomic mass is 9.79. The Kier molecular flexibility index (Phi) is 6.63. The van der Waals surface area contributed by atoms with E-state index < -0.39 is 0 Å². The summed E-state index contributed by atoms with van der Waals surface area (Å²) in [5, 5.41) is 6.51. The van der Waals surface area contributed by atoms with Gasteiger partial charge in [-0.1, -0.05) is 12.8 Å². The Morgan fingerprint density at radius 3 is 2.68 bits per heavy atom. The van der Waals surface area contributed by atoms with Crippen molar-refractivity contribution >= 4 is 23.6 Å². The number of methoxy groups -OCH3 is 1. The van der Waals surface area contributed by atoms with Crippen LogP contribution in [-0.2, 0) is 14.3 Å². The minimum absolute atomic E-state index is 0.00496. The lowest BCUT2D eigenvalue weighted by molar-refractivity contribution is -0.141. The van der Waals surface area contributed by atoms with Gasteiger partial charge in [-0.05, 0) is 38.8 Å². The molecule has 0 aromatic heterocycles. The van der Waals surface area contributed by atoms with Gasteiger partial charge < -0.3 is 20.3 Å². The minimum Gasteiger partial charge on any atom is -0.384 e. The largest absolute Gasteiger partial charge is 0.384 e. The second-order valence-electron chi connectivity index (χ2n) is 7.71. The topological polar surface area (TPSA) is 70.7 Å². The highest BCUT2D eigenvalue weighted by Crippen LogP contribution is 2.31. The first-order valence-corrected chi connectivity index (χ1v) is 10.7. The molecule has 1 unspecified atom stereocenters. The number of carbonyl (C=O) groups is 2. The number of nitrogens with zero attached hydrogens (tertiary/aromatic N) is 1. The molecule has 2 heterocycles. The number of hydrogen-bond donors (Lipinski definition) is 2. The summed E-state index contributed by atoms with van der Waals surface area (Å²) in [6, 6.07) is -0.306. The number of carbonyl (C=O) groups excluding carboxylic acids is 2. The number of amides is 2. The van der Waals surface area contributed by atoms with Crippen molar-refractivity contribution < 1.29 is 14.3 Å². The summed E-state index contributed by atoms with van der Waals surface area (Å²) in [6.45, 7) is 3.22. The first-order valence-electron chi connectivity index (χ1n) is 9.51. The smallest absolute Gasteiger partial charge is 0.243 e. The number of hydrogen-bond acceptors (Lipinski definition) is 5. The van der Waals surface area contributed by atoms with Gasteiger partial charge in [0.2, 0.25) is 11.8 Å². The molecule has 3 aliphatic rings. The van der Waals surface area contributed by atoms with Crippen LogP contribution in [-0.4, -0.2) is 67.7 Å². The van der Waals surface area contributed by atoms with Gasteiger partial charge in [0.1, 0.15) is 6.04 Å². The fraction of sp³-hybridized carbons (Fsp3) is 0.889. The second-order valence-corrected chi connectivity index (χ2v) is 8.71. The maximum atomic E-state index is 12.8. The van der Waals surface area contributed by atoms with Crippen molar-refractivity contribution in [3.05, 3.63) is 0 Å². The first kappa shape index (κ1) is 19.0. The highest BCUT2D eigenvalue weighted by molar-refractivity contribution is 7.99. The van der Waals surface area contributed by atoms with Gasteiger partial charge in [-0.2, -0.15) is 0 Å². The highest BCUT2D eigenvalue weighted by atomic mass is 32.2. The van der Waals surface area contributed by atoms with Crippen LogP contribution in [0.1, 0.15) is 38.5 Å². The van der Waals surface area contributed by atoms with Gasteiger partial charge in [0.15, 0.2) is 0 Å². The molecule has 0 radical (unpaired) electrons. The van der Waals surface area contributed by atoms with Crippen LogP contribution in [0.4, 0.5) is 0 Å². The fourth-order valence-electron chi connectivity index (χ4n) is 4.31. The third-order valence-corrected chi connectivity index (χ3v) is 6.94. The van der Waals surface area contributed by atoms with Crippen LogP contribution in [0.5, 0.6) is 0 Å². The number of rotatable bonds is 6. The average Bonchev–Trinajstić information content (AvgIpc) is 3.32. The Labute approximate surface area is 154 Å². The van der Waals surface area contributed by atoms with Crippen molar-refractivity contribution in [2.75, 3.05) is 45.0 Å². The zero-order chi connectivity index (χ0) is 17.7.